The molecule has 0 saturated heterocycles. The summed E-state index contributed by atoms with van der Waals surface area (Å²) in [6.45, 7) is 0. The fraction of sp³-hybridized carbons (Fsp3) is 0.118. The molecule has 0 unspecified atom stereocenters. The molecule has 0 fully saturated rings. The van der Waals surface area contributed by atoms with Gasteiger partial charge in [0.25, 0.3) is 0 Å². The zero-order chi connectivity index (χ0) is 16.4. The largest absolute Gasteiger partial charge is 0.465 e. The molecule has 116 valence electrons. The van der Waals surface area contributed by atoms with Crippen LogP contribution in [-0.4, -0.2) is 35.9 Å². The summed E-state index contributed by atoms with van der Waals surface area (Å²) in [5.41, 5.74) is 1.84. The first-order valence-electron chi connectivity index (χ1n) is 6.89. The first-order chi connectivity index (χ1) is 11.2. The highest BCUT2D eigenvalue weighted by Crippen LogP contribution is 2.24. The number of rotatable bonds is 3. The number of ether oxygens (including phenoxy) is 2. The zero-order valence-electron chi connectivity index (χ0n) is 12.6. The fourth-order valence-corrected chi connectivity index (χ4v) is 2.41. The molecule has 0 bridgehead atoms. The van der Waals surface area contributed by atoms with Gasteiger partial charge in [-0.1, -0.05) is 18.2 Å². The fourth-order valence-electron chi connectivity index (χ4n) is 2.41. The molecule has 0 aliphatic heterocycles. The molecule has 0 amide bonds. The number of esters is 2. The van der Waals surface area contributed by atoms with Crippen molar-refractivity contribution in [1.29, 1.82) is 0 Å². The summed E-state index contributed by atoms with van der Waals surface area (Å²) in [4.78, 5) is 23.9. The highest BCUT2D eigenvalue weighted by Gasteiger charge is 2.21. The van der Waals surface area contributed by atoms with E-state index in [1.54, 1.807) is 23.0 Å². The molecule has 0 saturated carbocycles. The van der Waals surface area contributed by atoms with Gasteiger partial charge in [-0.25, -0.2) is 14.3 Å². The number of carbonyl (C=O) groups excluding carboxylic acids is 2. The van der Waals surface area contributed by atoms with Crippen molar-refractivity contribution in [2.24, 2.45) is 0 Å². The Kier molecular flexibility index (Phi) is 3.80. The predicted octanol–water partition coefficient (Wildman–Crippen LogP) is 2.60. The summed E-state index contributed by atoms with van der Waals surface area (Å²) in [5, 5.41) is 5.05. The smallest absolute Gasteiger partial charge is 0.338 e. The molecule has 6 heteroatoms. The maximum Gasteiger partial charge on any atom is 0.338 e. The van der Waals surface area contributed by atoms with Gasteiger partial charge in [-0.15, -0.1) is 0 Å². The lowest BCUT2D eigenvalue weighted by Gasteiger charge is -2.08. The highest BCUT2D eigenvalue weighted by atomic mass is 16.5. The molecular formula is C17H14N2O4. The maximum absolute atomic E-state index is 12.0. The van der Waals surface area contributed by atoms with Crippen molar-refractivity contribution in [3.8, 4) is 5.69 Å². The minimum absolute atomic E-state index is 0.143. The quantitative estimate of drug-likeness (QED) is 0.695. The highest BCUT2D eigenvalue weighted by molar-refractivity contribution is 6.07. The number of methoxy groups -OCH3 is 2. The van der Waals surface area contributed by atoms with Crippen LogP contribution in [0.4, 0.5) is 0 Å². The van der Waals surface area contributed by atoms with Crippen molar-refractivity contribution >= 4 is 22.8 Å². The van der Waals surface area contributed by atoms with Crippen LogP contribution in [0.5, 0.6) is 0 Å². The number of nitrogens with zero attached hydrogens (tertiary/aromatic N) is 2. The van der Waals surface area contributed by atoms with Gasteiger partial charge in [0.05, 0.1) is 42.7 Å². The van der Waals surface area contributed by atoms with E-state index in [0.717, 1.165) is 11.1 Å². The third-order valence-electron chi connectivity index (χ3n) is 3.52. The molecule has 1 heterocycles. The molecule has 0 aliphatic carbocycles. The van der Waals surface area contributed by atoms with Crippen molar-refractivity contribution in [2.45, 2.75) is 0 Å². The average molecular weight is 310 g/mol. The van der Waals surface area contributed by atoms with Crippen LogP contribution in [-0.2, 0) is 9.47 Å². The van der Waals surface area contributed by atoms with Crippen molar-refractivity contribution < 1.29 is 19.1 Å². The predicted molar refractivity (Wildman–Crippen MR) is 83.7 cm³/mol. The van der Waals surface area contributed by atoms with Crippen molar-refractivity contribution in [3.05, 3.63) is 59.8 Å². The number of hydrogen-bond donors (Lipinski definition) is 0. The average Bonchev–Trinajstić information content (AvgIpc) is 3.02. The number of benzene rings is 2. The van der Waals surface area contributed by atoms with Gasteiger partial charge in [-0.2, -0.15) is 5.10 Å². The minimum atomic E-state index is -0.604. The Hall–Kier alpha value is -3.15. The Morgan fingerprint density at radius 1 is 0.957 bits per heavy atom. The molecule has 0 N–H and O–H groups in total. The van der Waals surface area contributed by atoms with Crippen LogP contribution >= 0.6 is 0 Å². The van der Waals surface area contributed by atoms with Gasteiger partial charge in [0.1, 0.15) is 0 Å². The molecule has 1 aromatic heterocycles. The lowest BCUT2D eigenvalue weighted by Crippen LogP contribution is -2.12. The summed E-state index contributed by atoms with van der Waals surface area (Å²) < 4.78 is 11.2. The molecule has 0 aliphatic rings. The number of carbonyl (C=O) groups is 2. The first-order valence-corrected chi connectivity index (χ1v) is 6.89. The number of fused-ring (bicyclic) bond motifs is 1. The van der Waals surface area contributed by atoms with Crippen LogP contribution in [0.2, 0.25) is 0 Å². The molecule has 0 radical (unpaired) electrons. The summed E-state index contributed by atoms with van der Waals surface area (Å²) >= 11 is 0. The molecule has 2 aromatic carbocycles. The van der Waals surface area contributed by atoms with E-state index in [0.29, 0.717) is 5.52 Å². The van der Waals surface area contributed by atoms with E-state index in [4.69, 9.17) is 9.47 Å². The van der Waals surface area contributed by atoms with E-state index in [1.165, 1.54) is 14.2 Å². The molecule has 0 atom stereocenters. The van der Waals surface area contributed by atoms with E-state index in [-0.39, 0.29) is 11.1 Å². The van der Waals surface area contributed by atoms with E-state index < -0.39 is 11.9 Å². The second-order valence-corrected chi connectivity index (χ2v) is 4.83. The van der Waals surface area contributed by atoms with Gasteiger partial charge >= 0.3 is 11.9 Å². The normalized spacial score (nSPS) is 10.5. The van der Waals surface area contributed by atoms with E-state index >= 15 is 0 Å². The van der Waals surface area contributed by atoms with Gasteiger partial charge in [-0.05, 0) is 24.3 Å². The third-order valence-corrected chi connectivity index (χ3v) is 3.52. The van der Waals surface area contributed by atoms with E-state index in [2.05, 4.69) is 5.10 Å². The molecule has 23 heavy (non-hydrogen) atoms. The van der Waals surface area contributed by atoms with Crippen LogP contribution in [0, 0.1) is 0 Å². The number of hydrogen-bond acceptors (Lipinski definition) is 5. The SMILES string of the molecule is COC(=O)c1cc2cnn(-c3ccccc3)c2cc1C(=O)OC. The first kappa shape index (κ1) is 14.8. The Morgan fingerprint density at radius 3 is 2.17 bits per heavy atom. The molecule has 0 spiro atoms. The second-order valence-electron chi connectivity index (χ2n) is 4.83. The Morgan fingerprint density at radius 2 is 1.57 bits per heavy atom. The number of aromatic nitrogens is 2. The minimum Gasteiger partial charge on any atom is -0.465 e. The van der Waals surface area contributed by atoms with Crippen LogP contribution in [0.1, 0.15) is 20.7 Å². The standard InChI is InChI=1S/C17H14N2O4/c1-22-16(20)13-8-11-10-18-19(12-6-4-3-5-7-12)15(11)9-14(13)17(21)23-2/h3-10H,1-2H3. The second kappa shape index (κ2) is 5.92. The van der Waals surface area contributed by atoms with Gasteiger partial charge < -0.3 is 9.47 Å². The van der Waals surface area contributed by atoms with Crippen LogP contribution < -0.4 is 0 Å². The Bertz CT molecular complexity index is 884. The molecule has 3 rings (SSSR count). The summed E-state index contributed by atoms with van der Waals surface area (Å²) in [7, 11) is 2.53. The summed E-state index contributed by atoms with van der Waals surface area (Å²) in [6, 6.07) is 12.7. The lowest BCUT2D eigenvalue weighted by atomic mass is 10.0. The number of para-hydroxylation sites is 1. The Balaban J connectivity index is 2.26. The molecule has 6 nitrogen and oxygen atoms in total. The van der Waals surface area contributed by atoms with Crippen molar-refractivity contribution in [2.75, 3.05) is 14.2 Å². The molecular weight excluding hydrogens is 296 g/mol. The van der Waals surface area contributed by atoms with Crippen molar-refractivity contribution in [3.63, 3.8) is 0 Å². The third kappa shape index (κ3) is 2.55. The lowest BCUT2D eigenvalue weighted by molar-refractivity contribution is 0.0555. The summed E-state index contributed by atoms with van der Waals surface area (Å²) in [6.07, 6.45) is 1.63. The van der Waals surface area contributed by atoms with Crippen LogP contribution in [0.25, 0.3) is 16.6 Å². The van der Waals surface area contributed by atoms with Gasteiger partial charge in [0.2, 0.25) is 0 Å². The van der Waals surface area contributed by atoms with Gasteiger partial charge in [0, 0.05) is 5.39 Å². The van der Waals surface area contributed by atoms with Gasteiger partial charge in [-0.3, -0.25) is 0 Å². The topological polar surface area (TPSA) is 70.4 Å². The summed E-state index contributed by atoms with van der Waals surface area (Å²) in [5.74, 6) is -1.20. The van der Waals surface area contributed by atoms with E-state index in [9.17, 15) is 9.59 Å². The zero-order valence-corrected chi connectivity index (χ0v) is 12.6. The maximum atomic E-state index is 12.0. The van der Waals surface area contributed by atoms with E-state index in [1.807, 2.05) is 30.3 Å². The Labute approximate surface area is 132 Å². The van der Waals surface area contributed by atoms with Gasteiger partial charge in [0.15, 0.2) is 0 Å². The monoisotopic (exact) mass is 310 g/mol. The molecule has 3 aromatic rings. The van der Waals surface area contributed by atoms with Crippen molar-refractivity contribution in [1.82, 2.24) is 9.78 Å². The van der Waals surface area contributed by atoms with Crippen LogP contribution in [0.3, 0.4) is 0 Å². The van der Waals surface area contributed by atoms with Crippen LogP contribution in [0.15, 0.2) is 48.7 Å².